The third kappa shape index (κ3) is 8.76. The molecule has 2 rings (SSSR count). The first kappa shape index (κ1) is 25.0. The number of phenolic OH excluding ortho intramolecular Hbond substituents is 1. The number of hydrogen-bond donors (Lipinski definition) is 2. The van der Waals surface area contributed by atoms with E-state index in [-0.39, 0.29) is 17.2 Å². The van der Waals surface area contributed by atoms with Crippen molar-refractivity contribution in [2.75, 3.05) is 5.32 Å². The van der Waals surface area contributed by atoms with Crippen LogP contribution in [0.25, 0.3) is 11.0 Å². The van der Waals surface area contributed by atoms with Crippen LogP contribution < -0.4 is 10.9 Å². The number of unbranched alkanes of at least 4 members (excludes halogenated alkanes) is 12. The van der Waals surface area contributed by atoms with Gasteiger partial charge in [0.25, 0.3) is 0 Å². The molecule has 0 aliphatic heterocycles. The Bertz CT molecular complexity index is 872. The quantitative estimate of drug-likeness (QED) is 0.231. The molecule has 1 aromatic carbocycles. The van der Waals surface area contributed by atoms with Gasteiger partial charge in [0.1, 0.15) is 11.3 Å². The summed E-state index contributed by atoms with van der Waals surface area (Å²) in [5, 5.41) is 13.1. The average Bonchev–Trinajstić information content (AvgIpc) is 2.74. The molecule has 0 saturated heterocycles. The molecule has 0 spiro atoms. The van der Waals surface area contributed by atoms with Gasteiger partial charge in [0.05, 0.1) is 11.3 Å². The molecule has 0 aliphatic rings. The van der Waals surface area contributed by atoms with E-state index in [0.29, 0.717) is 23.1 Å². The fraction of sp³-hybridized carbons (Fsp3) is 0.615. The molecule has 0 saturated carbocycles. The average molecular weight is 430 g/mol. The van der Waals surface area contributed by atoms with Crippen LogP contribution in [0.5, 0.6) is 5.75 Å². The van der Waals surface area contributed by atoms with Crippen LogP contribution in [0.3, 0.4) is 0 Å². The van der Waals surface area contributed by atoms with E-state index in [4.69, 9.17) is 4.42 Å². The second kappa shape index (κ2) is 13.9. The van der Waals surface area contributed by atoms with E-state index in [1.54, 1.807) is 13.0 Å². The SMILES string of the molecule is CCCCCCCCCCCCCCCC(=O)Nc1c(C)c(=O)oc2cc(O)ccc12. The van der Waals surface area contributed by atoms with Gasteiger partial charge in [-0.3, -0.25) is 4.79 Å². The zero-order valence-corrected chi connectivity index (χ0v) is 19.3. The molecule has 1 amide bonds. The number of anilines is 1. The smallest absolute Gasteiger partial charge is 0.341 e. The van der Waals surface area contributed by atoms with Gasteiger partial charge in [-0.25, -0.2) is 4.79 Å². The number of carbonyl (C=O) groups is 1. The molecule has 31 heavy (non-hydrogen) atoms. The molecule has 5 heteroatoms. The molecule has 0 radical (unpaired) electrons. The van der Waals surface area contributed by atoms with Crippen molar-refractivity contribution in [3.05, 3.63) is 34.2 Å². The van der Waals surface area contributed by atoms with Crippen LogP contribution >= 0.6 is 0 Å². The monoisotopic (exact) mass is 429 g/mol. The summed E-state index contributed by atoms with van der Waals surface area (Å²) in [4.78, 5) is 24.4. The van der Waals surface area contributed by atoms with Crippen molar-refractivity contribution in [1.82, 2.24) is 0 Å². The summed E-state index contributed by atoms with van der Waals surface area (Å²) < 4.78 is 5.21. The third-order valence-electron chi connectivity index (χ3n) is 5.89. The number of phenols is 1. The number of nitrogens with one attached hydrogen (secondary N) is 1. The summed E-state index contributed by atoms with van der Waals surface area (Å²) in [5.41, 5.74) is 0.615. The molecule has 0 unspecified atom stereocenters. The number of rotatable bonds is 15. The maximum absolute atomic E-state index is 12.4. The maximum Gasteiger partial charge on any atom is 0.341 e. The second-order valence-corrected chi connectivity index (χ2v) is 8.61. The van der Waals surface area contributed by atoms with Crippen molar-refractivity contribution in [1.29, 1.82) is 0 Å². The van der Waals surface area contributed by atoms with Crippen LogP contribution in [-0.4, -0.2) is 11.0 Å². The van der Waals surface area contributed by atoms with E-state index in [1.807, 2.05) is 0 Å². The summed E-state index contributed by atoms with van der Waals surface area (Å²) in [6.07, 6.45) is 16.9. The van der Waals surface area contributed by atoms with Crippen LogP contribution in [0.2, 0.25) is 0 Å². The molecule has 2 N–H and O–H groups in total. The van der Waals surface area contributed by atoms with Crippen LogP contribution in [0.15, 0.2) is 27.4 Å². The highest BCUT2D eigenvalue weighted by Crippen LogP contribution is 2.28. The van der Waals surface area contributed by atoms with Crippen LogP contribution in [0.4, 0.5) is 5.69 Å². The van der Waals surface area contributed by atoms with E-state index in [2.05, 4.69) is 12.2 Å². The number of amides is 1. The Morgan fingerprint density at radius 3 is 2.03 bits per heavy atom. The first-order chi connectivity index (χ1) is 15.0. The van der Waals surface area contributed by atoms with Gasteiger partial charge in [0, 0.05) is 17.9 Å². The van der Waals surface area contributed by atoms with Crippen molar-refractivity contribution in [3.63, 3.8) is 0 Å². The molecule has 0 fully saturated rings. The Kier molecular flexibility index (Phi) is 11.2. The predicted molar refractivity (Wildman–Crippen MR) is 128 cm³/mol. The highest BCUT2D eigenvalue weighted by Gasteiger charge is 2.14. The van der Waals surface area contributed by atoms with Gasteiger partial charge >= 0.3 is 5.63 Å². The van der Waals surface area contributed by atoms with E-state index in [9.17, 15) is 14.7 Å². The summed E-state index contributed by atoms with van der Waals surface area (Å²) in [5.74, 6) is -0.0742. The Hall–Kier alpha value is -2.30. The Morgan fingerprint density at radius 1 is 0.903 bits per heavy atom. The Labute approximate surface area is 186 Å². The highest BCUT2D eigenvalue weighted by molar-refractivity contribution is 6.01. The van der Waals surface area contributed by atoms with Crippen molar-refractivity contribution < 1.29 is 14.3 Å². The molecular formula is C26H39NO4. The third-order valence-corrected chi connectivity index (χ3v) is 5.89. The Balaban J connectivity index is 1.62. The number of fused-ring (bicyclic) bond motifs is 1. The normalized spacial score (nSPS) is 11.2. The number of benzene rings is 1. The first-order valence-electron chi connectivity index (χ1n) is 12.1. The van der Waals surface area contributed by atoms with E-state index >= 15 is 0 Å². The minimum Gasteiger partial charge on any atom is -0.508 e. The van der Waals surface area contributed by atoms with E-state index in [1.165, 1.54) is 82.8 Å². The van der Waals surface area contributed by atoms with E-state index in [0.717, 1.165) is 12.8 Å². The minimum absolute atomic E-state index is 0.0174. The zero-order valence-electron chi connectivity index (χ0n) is 19.3. The van der Waals surface area contributed by atoms with Crippen LogP contribution in [0, 0.1) is 6.92 Å². The lowest BCUT2D eigenvalue weighted by molar-refractivity contribution is -0.116. The number of carbonyl (C=O) groups excluding carboxylic acids is 1. The van der Waals surface area contributed by atoms with Gasteiger partial charge < -0.3 is 14.8 Å². The first-order valence-corrected chi connectivity index (χ1v) is 12.1. The lowest BCUT2D eigenvalue weighted by Gasteiger charge is -2.11. The molecule has 172 valence electrons. The number of aromatic hydroxyl groups is 1. The molecule has 2 aromatic rings. The van der Waals surface area contributed by atoms with Gasteiger partial charge in [-0.1, -0.05) is 84.0 Å². The lowest BCUT2D eigenvalue weighted by atomic mass is 10.0. The van der Waals surface area contributed by atoms with Crippen molar-refractivity contribution in [3.8, 4) is 5.75 Å². The highest BCUT2D eigenvalue weighted by atomic mass is 16.4. The molecule has 0 bridgehead atoms. The van der Waals surface area contributed by atoms with Crippen LogP contribution in [-0.2, 0) is 4.79 Å². The molecule has 5 nitrogen and oxygen atoms in total. The van der Waals surface area contributed by atoms with Gasteiger partial charge in [0.2, 0.25) is 5.91 Å². The topological polar surface area (TPSA) is 79.5 Å². The molecular weight excluding hydrogens is 390 g/mol. The Morgan fingerprint density at radius 2 is 1.45 bits per heavy atom. The van der Waals surface area contributed by atoms with Gasteiger partial charge in [-0.05, 0) is 25.5 Å². The second-order valence-electron chi connectivity index (χ2n) is 8.61. The minimum atomic E-state index is -0.505. The van der Waals surface area contributed by atoms with E-state index < -0.39 is 5.63 Å². The number of hydrogen-bond acceptors (Lipinski definition) is 4. The van der Waals surface area contributed by atoms with Gasteiger partial charge in [-0.15, -0.1) is 0 Å². The van der Waals surface area contributed by atoms with Crippen LogP contribution in [0.1, 0.15) is 102 Å². The fourth-order valence-corrected chi connectivity index (χ4v) is 3.95. The summed E-state index contributed by atoms with van der Waals surface area (Å²) >= 11 is 0. The summed E-state index contributed by atoms with van der Waals surface area (Å²) in [7, 11) is 0. The predicted octanol–water partition coefficient (Wildman–Crippen LogP) is 7.23. The fourth-order valence-electron chi connectivity index (χ4n) is 3.95. The summed E-state index contributed by atoms with van der Waals surface area (Å²) in [6.45, 7) is 3.89. The standard InChI is InChI=1S/C26H39NO4/c1-3-4-5-6-7-8-9-10-11-12-13-14-15-16-24(29)27-25-20(2)26(30)31-23-19-21(28)17-18-22(23)25/h17-19,28H,3-16H2,1-2H3,(H,27,29). The van der Waals surface area contributed by atoms with Gasteiger partial charge in [-0.2, -0.15) is 0 Å². The largest absolute Gasteiger partial charge is 0.508 e. The lowest BCUT2D eigenvalue weighted by Crippen LogP contribution is -2.16. The van der Waals surface area contributed by atoms with Crippen molar-refractivity contribution in [2.45, 2.75) is 104 Å². The molecule has 0 aliphatic carbocycles. The maximum atomic E-state index is 12.4. The zero-order chi connectivity index (χ0) is 22.5. The molecule has 1 aromatic heterocycles. The van der Waals surface area contributed by atoms with Crippen molar-refractivity contribution in [2.24, 2.45) is 0 Å². The van der Waals surface area contributed by atoms with Gasteiger partial charge in [0.15, 0.2) is 0 Å². The summed E-state index contributed by atoms with van der Waals surface area (Å²) in [6, 6.07) is 4.56. The van der Waals surface area contributed by atoms with Crippen molar-refractivity contribution >= 4 is 22.6 Å². The molecule has 0 atom stereocenters. The molecule has 1 heterocycles.